The Labute approximate surface area is 133 Å². The number of rotatable bonds is 3. The van der Waals surface area contributed by atoms with Gasteiger partial charge in [0.15, 0.2) is 5.65 Å². The SMILES string of the molecule is CC(C)(C)n1nc(C(O)C(O)CO)c2nc3ccccc3nc21. The van der Waals surface area contributed by atoms with Gasteiger partial charge >= 0.3 is 0 Å². The molecule has 3 N–H and O–H groups in total. The van der Waals surface area contributed by atoms with E-state index < -0.39 is 18.8 Å². The van der Waals surface area contributed by atoms with Gasteiger partial charge in [0.2, 0.25) is 0 Å². The normalized spacial score (nSPS) is 15.2. The Kier molecular flexibility index (Phi) is 3.79. The van der Waals surface area contributed by atoms with Gasteiger partial charge in [-0.3, -0.25) is 0 Å². The second-order valence-electron chi connectivity index (χ2n) is 6.55. The number of fused-ring (bicyclic) bond motifs is 2. The molecule has 2 unspecified atom stereocenters. The van der Waals surface area contributed by atoms with Crippen molar-refractivity contribution < 1.29 is 15.3 Å². The van der Waals surface area contributed by atoms with E-state index in [1.165, 1.54) is 0 Å². The fraction of sp³-hybridized carbons (Fsp3) is 0.438. The van der Waals surface area contributed by atoms with Crippen LogP contribution >= 0.6 is 0 Å². The van der Waals surface area contributed by atoms with E-state index in [2.05, 4.69) is 15.1 Å². The highest BCUT2D eigenvalue weighted by molar-refractivity contribution is 5.86. The number of hydrogen-bond donors (Lipinski definition) is 3. The summed E-state index contributed by atoms with van der Waals surface area (Å²) in [5, 5.41) is 33.6. The standard InChI is InChI=1S/C16H20N4O3/c1-16(2,3)20-15-13(12(19-20)14(23)11(22)8-21)17-9-6-4-5-7-10(9)18-15/h4-7,11,14,21-23H,8H2,1-3H3. The number of benzene rings is 1. The average Bonchev–Trinajstić information content (AvgIpc) is 2.89. The lowest BCUT2D eigenvalue weighted by atomic mass is 10.1. The predicted octanol–water partition coefficient (Wildman–Crippen LogP) is 1.12. The molecule has 1 aromatic carbocycles. The Morgan fingerprint density at radius 2 is 1.70 bits per heavy atom. The summed E-state index contributed by atoms with van der Waals surface area (Å²) in [7, 11) is 0. The van der Waals surface area contributed by atoms with E-state index in [0.29, 0.717) is 16.7 Å². The molecule has 0 saturated carbocycles. The second-order valence-corrected chi connectivity index (χ2v) is 6.55. The highest BCUT2D eigenvalue weighted by Gasteiger charge is 2.29. The number of hydrogen-bond acceptors (Lipinski definition) is 6. The molecule has 0 amide bonds. The highest BCUT2D eigenvalue weighted by Crippen LogP contribution is 2.29. The first-order chi connectivity index (χ1) is 10.8. The van der Waals surface area contributed by atoms with Gasteiger partial charge in [-0.05, 0) is 32.9 Å². The van der Waals surface area contributed by atoms with E-state index in [-0.39, 0.29) is 11.2 Å². The molecule has 0 saturated heterocycles. The van der Waals surface area contributed by atoms with Gasteiger partial charge in [-0.15, -0.1) is 0 Å². The van der Waals surface area contributed by atoms with Crippen LogP contribution in [0.4, 0.5) is 0 Å². The molecule has 7 heteroatoms. The fourth-order valence-corrected chi connectivity index (χ4v) is 2.46. The van der Waals surface area contributed by atoms with Crippen LogP contribution in [0.2, 0.25) is 0 Å². The Balaban J connectivity index is 2.34. The van der Waals surface area contributed by atoms with Crippen LogP contribution < -0.4 is 0 Å². The summed E-state index contributed by atoms with van der Waals surface area (Å²) >= 11 is 0. The second kappa shape index (κ2) is 5.52. The first-order valence-corrected chi connectivity index (χ1v) is 7.46. The molecule has 2 aromatic heterocycles. The maximum absolute atomic E-state index is 10.3. The van der Waals surface area contributed by atoms with Crippen molar-refractivity contribution >= 4 is 22.2 Å². The van der Waals surface area contributed by atoms with Crippen LogP contribution in [-0.4, -0.2) is 47.8 Å². The van der Waals surface area contributed by atoms with Crippen molar-refractivity contribution in [2.45, 2.75) is 38.5 Å². The zero-order valence-electron chi connectivity index (χ0n) is 13.3. The van der Waals surface area contributed by atoms with Crippen LogP contribution in [0.1, 0.15) is 32.6 Å². The number of aromatic nitrogens is 4. The van der Waals surface area contributed by atoms with E-state index in [1.54, 1.807) is 4.68 Å². The number of aliphatic hydroxyl groups is 3. The summed E-state index contributed by atoms with van der Waals surface area (Å²) in [6.07, 6.45) is -2.66. The summed E-state index contributed by atoms with van der Waals surface area (Å²) in [6.45, 7) is 5.34. The third-order valence-electron chi connectivity index (χ3n) is 3.67. The van der Waals surface area contributed by atoms with Crippen molar-refractivity contribution in [3.8, 4) is 0 Å². The van der Waals surface area contributed by atoms with E-state index in [9.17, 15) is 10.2 Å². The zero-order chi connectivity index (χ0) is 16.8. The first kappa shape index (κ1) is 15.8. The van der Waals surface area contributed by atoms with Gasteiger partial charge in [0, 0.05) is 0 Å². The minimum absolute atomic E-state index is 0.217. The highest BCUT2D eigenvalue weighted by atomic mass is 16.4. The first-order valence-electron chi connectivity index (χ1n) is 7.46. The molecule has 0 radical (unpaired) electrons. The number of para-hydroxylation sites is 2. The molecule has 0 bridgehead atoms. The van der Waals surface area contributed by atoms with Crippen molar-refractivity contribution in [1.29, 1.82) is 0 Å². The third-order valence-corrected chi connectivity index (χ3v) is 3.67. The van der Waals surface area contributed by atoms with Crippen LogP contribution in [0.25, 0.3) is 22.2 Å². The molecular weight excluding hydrogens is 296 g/mol. The molecule has 0 aliphatic carbocycles. The maximum Gasteiger partial charge on any atom is 0.178 e. The summed E-state index contributed by atoms with van der Waals surface area (Å²) in [4.78, 5) is 9.17. The molecule has 2 atom stereocenters. The van der Waals surface area contributed by atoms with Gasteiger partial charge in [0.05, 0.1) is 23.2 Å². The van der Waals surface area contributed by atoms with Gasteiger partial charge in [0.1, 0.15) is 23.4 Å². The van der Waals surface area contributed by atoms with Crippen molar-refractivity contribution in [3.05, 3.63) is 30.0 Å². The Hall–Kier alpha value is -2.09. The molecule has 3 aromatic rings. The third kappa shape index (κ3) is 2.67. The van der Waals surface area contributed by atoms with Crippen molar-refractivity contribution in [2.24, 2.45) is 0 Å². The predicted molar refractivity (Wildman–Crippen MR) is 85.9 cm³/mol. The van der Waals surface area contributed by atoms with Gasteiger partial charge in [0.25, 0.3) is 0 Å². The van der Waals surface area contributed by atoms with E-state index >= 15 is 0 Å². The summed E-state index contributed by atoms with van der Waals surface area (Å²) in [5.41, 5.74) is 2.22. The number of nitrogens with zero attached hydrogens (tertiary/aromatic N) is 4. The topological polar surface area (TPSA) is 104 Å². The minimum Gasteiger partial charge on any atom is -0.394 e. The van der Waals surface area contributed by atoms with Crippen LogP contribution in [-0.2, 0) is 5.54 Å². The summed E-state index contributed by atoms with van der Waals surface area (Å²) < 4.78 is 1.68. The van der Waals surface area contributed by atoms with Gasteiger partial charge in [-0.25, -0.2) is 14.6 Å². The van der Waals surface area contributed by atoms with Crippen LogP contribution in [0.5, 0.6) is 0 Å². The van der Waals surface area contributed by atoms with Crippen molar-refractivity contribution in [3.63, 3.8) is 0 Å². The average molecular weight is 316 g/mol. The lowest BCUT2D eigenvalue weighted by Gasteiger charge is -2.20. The Morgan fingerprint density at radius 3 is 2.26 bits per heavy atom. The Morgan fingerprint density at radius 1 is 1.09 bits per heavy atom. The van der Waals surface area contributed by atoms with Gasteiger partial charge < -0.3 is 15.3 Å². The molecular formula is C16H20N4O3. The molecule has 0 aliphatic rings. The smallest absolute Gasteiger partial charge is 0.178 e. The molecule has 0 spiro atoms. The van der Waals surface area contributed by atoms with Gasteiger partial charge in [-0.1, -0.05) is 12.1 Å². The molecule has 23 heavy (non-hydrogen) atoms. The molecule has 122 valence electrons. The van der Waals surface area contributed by atoms with Crippen LogP contribution in [0, 0.1) is 0 Å². The summed E-state index contributed by atoms with van der Waals surface area (Å²) in [6, 6.07) is 7.43. The molecule has 0 fully saturated rings. The largest absolute Gasteiger partial charge is 0.394 e. The molecule has 0 aliphatic heterocycles. The quantitative estimate of drug-likeness (QED) is 0.669. The van der Waals surface area contributed by atoms with E-state index in [4.69, 9.17) is 5.11 Å². The van der Waals surface area contributed by atoms with E-state index in [1.807, 2.05) is 45.0 Å². The van der Waals surface area contributed by atoms with Crippen LogP contribution in [0.15, 0.2) is 24.3 Å². The monoisotopic (exact) mass is 316 g/mol. The van der Waals surface area contributed by atoms with Crippen LogP contribution in [0.3, 0.4) is 0 Å². The van der Waals surface area contributed by atoms with Gasteiger partial charge in [-0.2, -0.15) is 5.10 Å². The maximum atomic E-state index is 10.3. The zero-order valence-corrected chi connectivity index (χ0v) is 13.3. The fourth-order valence-electron chi connectivity index (χ4n) is 2.46. The molecule has 3 rings (SSSR count). The Bertz CT molecular complexity index is 854. The lowest BCUT2D eigenvalue weighted by Crippen LogP contribution is -2.25. The molecule has 2 heterocycles. The minimum atomic E-state index is -1.33. The number of aliphatic hydroxyl groups excluding tert-OH is 3. The van der Waals surface area contributed by atoms with Crippen molar-refractivity contribution in [1.82, 2.24) is 19.7 Å². The van der Waals surface area contributed by atoms with Crippen molar-refractivity contribution in [2.75, 3.05) is 6.61 Å². The summed E-state index contributed by atoms with van der Waals surface area (Å²) in [5.74, 6) is 0. The van der Waals surface area contributed by atoms with E-state index in [0.717, 1.165) is 5.52 Å². The lowest BCUT2D eigenvalue weighted by molar-refractivity contribution is -0.0171. The molecule has 7 nitrogen and oxygen atoms in total.